The number of rotatable bonds is 8. The molecule has 1 aromatic carbocycles. The Labute approximate surface area is 183 Å². The zero-order chi connectivity index (χ0) is 22.5. The summed E-state index contributed by atoms with van der Waals surface area (Å²) in [6.45, 7) is 5.05. The lowest BCUT2D eigenvalue weighted by Crippen LogP contribution is -2.32. The maximum absolute atomic E-state index is 13.0. The summed E-state index contributed by atoms with van der Waals surface area (Å²) in [5.41, 5.74) is 1.29. The van der Waals surface area contributed by atoms with Crippen molar-refractivity contribution in [2.45, 2.75) is 32.4 Å². The van der Waals surface area contributed by atoms with E-state index in [1.807, 2.05) is 32.8 Å². The SMILES string of the molecule is CC(C)Oc1ccc(/C(O)=C2/C(=O)C(=O)N(CCCN(C)C)C2c2ccncc2)cc1. The monoisotopic (exact) mass is 423 g/mol. The number of nitrogens with zero attached hydrogens (tertiary/aromatic N) is 3. The van der Waals surface area contributed by atoms with Crippen molar-refractivity contribution >= 4 is 17.4 Å². The number of amides is 1. The molecule has 2 aromatic rings. The molecule has 0 aliphatic carbocycles. The fraction of sp³-hybridized carbons (Fsp3) is 0.375. The van der Waals surface area contributed by atoms with E-state index in [1.165, 1.54) is 0 Å². The number of ether oxygens (including phenoxy) is 1. The minimum absolute atomic E-state index is 0.0265. The minimum atomic E-state index is -0.674. The van der Waals surface area contributed by atoms with E-state index in [0.29, 0.717) is 24.3 Å². The second kappa shape index (κ2) is 9.75. The lowest BCUT2D eigenvalue weighted by Gasteiger charge is -2.25. The van der Waals surface area contributed by atoms with Crippen molar-refractivity contribution in [2.24, 2.45) is 0 Å². The smallest absolute Gasteiger partial charge is 0.295 e. The predicted octanol–water partition coefficient (Wildman–Crippen LogP) is 3.24. The van der Waals surface area contributed by atoms with Gasteiger partial charge in [0.25, 0.3) is 11.7 Å². The number of ketones is 1. The van der Waals surface area contributed by atoms with Gasteiger partial charge >= 0.3 is 0 Å². The molecule has 0 spiro atoms. The second-order valence-electron chi connectivity index (χ2n) is 8.12. The molecule has 1 saturated heterocycles. The molecule has 1 amide bonds. The summed E-state index contributed by atoms with van der Waals surface area (Å²) in [6, 6.07) is 9.74. The first kappa shape index (κ1) is 22.5. The van der Waals surface area contributed by atoms with Gasteiger partial charge in [0.2, 0.25) is 0 Å². The number of hydrogen-bond acceptors (Lipinski definition) is 6. The Balaban J connectivity index is 2.01. The minimum Gasteiger partial charge on any atom is -0.507 e. The van der Waals surface area contributed by atoms with Gasteiger partial charge in [-0.05, 0) is 82.9 Å². The van der Waals surface area contributed by atoms with Crippen LogP contribution in [0.5, 0.6) is 5.75 Å². The normalized spacial score (nSPS) is 18.3. The molecule has 0 saturated carbocycles. The number of hydrogen-bond donors (Lipinski definition) is 1. The third-order valence-electron chi connectivity index (χ3n) is 5.07. The summed E-state index contributed by atoms with van der Waals surface area (Å²) in [7, 11) is 3.92. The Kier molecular flexibility index (Phi) is 7.07. The molecule has 31 heavy (non-hydrogen) atoms. The summed E-state index contributed by atoms with van der Waals surface area (Å²) in [5.74, 6) is -0.790. The van der Waals surface area contributed by atoms with Crippen LogP contribution in [-0.4, -0.2) is 64.9 Å². The molecule has 7 heteroatoms. The van der Waals surface area contributed by atoms with Crippen molar-refractivity contribution in [1.82, 2.24) is 14.8 Å². The van der Waals surface area contributed by atoms with E-state index in [0.717, 1.165) is 12.1 Å². The molecule has 1 aliphatic rings. The molecule has 1 aliphatic heterocycles. The van der Waals surface area contributed by atoms with Gasteiger partial charge in [-0.15, -0.1) is 0 Å². The van der Waals surface area contributed by atoms with Crippen LogP contribution in [0.15, 0.2) is 54.4 Å². The highest BCUT2D eigenvalue weighted by Gasteiger charge is 2.45. The maximum Gasteiger partial charge on any atom is 0.295 e. The molecule has 2 heterocycles. The van der Waals surface area contributed by atoms with Crippen LogP contribution in [0, 0.1) is 0 Å². The van der Waals surface area contributed by atoms with Gasteiger partial charge in [0.15, 0.2) is 0 Å². The number of aliphatic hydroxyl groups excluding tert-OH is 1. The van der Waals surface area contributed by atoms with Crippen molar-refractivity contribution in [1.29, 1.82) is 0 Å². The average molecular weight is 424 g/mol. The van der Waals surface area contributed by atoms with Gasteiger partial charge in [-0.3, -0.25) is 14.6 Å². The predicted molar refractivity (Wildman–Crippen MR) is 119 cm³/mol. The van der Waals surface area contributed by atoms with Crippen LogP contribution < -0.4 is 4.74 Å². The van der Waals surface area contributed by atoms with Gasteiger partial charge < -0.3 is 19.6 Å². The second-order valence-corrected chi connectivity index (χ2v) is 8.12. The summed E-state index contributed by atoms with van der Waals surface area (Å²) >= 11 is 0. The molecule has 1 atom stereocenters. The van der Waals surface area contributed by atoms with Crippen LogP contribution in [-0.2, 0) is 9.59 Å². The van der Waals surface area contributed by atoms with E-state index in [9.17, 15) is 14.7 Å². The van der Waals surface area contributed by atoms with Crippen molar-refractivity contribution in [3.05, 3.63) is 65.5 Å². The molecular formula is C24H29N3O4. The number of benzene rings is 1. The quantitative estimate of drug-likeness (QED) is 0.399. The van der Waals surface area contributed by atoms with Crippen LogP contribution in [0.4, 0.5) is 0 Å². The number of carbonyl (C=O) groups is 2. The van der Waals surface area contributed by atoms with Crippen molar-refractivity contribution in [3.8, 4) is 5.75 Å². The van der Waals surface area contributed by atoms with Gasteiger partial charge in [0, 0.05) is 24.5 Å². The first-order chi connectivity index (χ1) is 14.8. The van der Waals surface area contributed by atoms with E-state index >= 15 is 0 Å². The zero-order valence-electron chi connectivity index (χ0n) is 18.4. The molecule has 1 N–H and O–H groups in total. The lowest BCUT2D eigenvalue weighted by molar-refractivity contribution is -0.139. The Morgan fingerprint density at radius 2 is 1.77 bits per heavy atom. The first-order valence-electron chi connectivity index (χ1n) is 10.4. The van der Waals surface area contributed by atoms with Gasteiger partial charge in [0.1, 0.15) is 11.5 Å². The fourth-order valence-electron chi connectivity index (χ4n) is 3.68. The van der Waals surface area contributed by atoms with E-state index in [2.05, 4.69) is 4.98 Å². The zero-order valence-corrected chi connectivity index (χ0v) is 18.4. The summed E-state index contributed by atoms with van der Waals surface area (Å²) in [6.07, 6.45) is 3.97. The first-order valence-corrected chi connectivity index (χ1v) is 10.4. The Bertz CT molecular complexity index is 953. The third kappa shape index (κ3) is 5.11. The number of Topliss-reactive ketones (excluding diaryl/α,β-unsaturated/α-hetero) is 1. The Morgan fingerprint density at radius 3 is 2.35 bits per heavy atom. The van der Waals surface area contributed by atoms with E-state index in [1.54, 1.807) is 53.7 Å². The van der Waals surface area contributed by atoms with Gasteiger partial charge in [0.05, 0.1) is 17.7 Å². The van der Waals surface area contributed by atoms with E-state index in [4.69, 9.17) is 4.74 Å². The highest BCUT2D eigenvalue weighted by molar-refractivity contribution is 6.46. The number of aromatic nitrogens is 1. The third-order valence-corrected chi connectivity index (χ3v) is 5.07. The topological polar surface area (TPSA) is 83.0 Å². The highest BCUT2D eigenvalue weighted by Crippen LogP contribution is 2.39. The molecule has 0 bridgehead atoms. The molecule has 3 rings (SSSR count). The largest absolute Gasteiger partial charge is 0.507 e. The molecule has 1 aromatic heterocycles. The average Bonchev–Trinajstić information content (AvgIpc) is 2.99. The van der Waals surface area contributed by atoms with Gasteiger partial charge in [-0.25, -0.2) is 0 Å². The summed E-state index contributed by atoms with van der Waals surface area (Å²) in [5, 5.41) is 11.1. The van der Waals surface area contributed by atoms with Crippen molar-refractivity contribution in [2.75, 3.05) is 27.2 Å². The Morgan fingerprint density at radius 1 is 1.13 bits per heavy atom. The molecule has 1 unspecified atom stereocenters. The van der Waals surface area contributed by atoms with Crippen LogP contribution in [0.25, 0.3) is 5.76 Å². The molecule has 164 valence electrons. The highest BCUT2D eigenvalue weighted by atomic mass is 16.5. The number of likely N-dealkylation sites (tertiary alicyclic amines) is 1. The van der Waals surface area contributed by atoms with Crippen molar-refractivity contribution < 1.29 is 19.4 Å². The number of pyridine rings is 1. The van der Waals surface area contributed by atoms with Crippen LogP contribution in [0.1, 0.15) is 37.4 Å². The van der Waals surface area contributed by atoms with E-state index < -0.39 is 17.7 Å². The Hall–Kier alpha value is -3.19. The maximum atomic E-state index is 13.0. The van der Waals surface area contributed by atoms with Gasteiger partial charge in [-0.2, -0.15) is 0 Å². The van der Waals surface area contributed by atoms with Crippen LogP contribution >= 0.6 is 0 Å². The standard InChI is InChI=1S/C24H29N3O4/c1-16(2)31-19-8-6-18(7-9-19)22(28)20-21(17-10-12-25-13-11-17)27(24(30)23(20)29)15-5-14-26(3)4/h6-13,16,21,28H,5,14-15H2,1-4H3/b22-20-. The summed E-state index contributed by atoms with van der Waals surface area (Å²) < 4.78 is 5.65. The molecule has 7 nitrogen and oxygen atoms in total. The lowest BCUT2D eigenvalue weighted by atomic mass is 9.96. The van der Waals surface area contributed by atoms with E-state index in [-0.39, 0.29) is 17.4 Å². The van der Waals surface area contributed by atoms with Crippen LogP contribution in [0.2, 0.25) is 0 Å². The molecular weight excluding hydrogens is 394 g/mol. The molecule has 0 radical (unpaired) electrons. The molecule has 1 fully saturated rings. The number of carbonyl (C=O) groups excluding carboxylic acids is 2. The van der Waals surface area contributed by atoms with Gasteiger partial charge in [-0.1, -0.05) is 0 Å². The van der Waals surface area contributed by atoms with Crippen LogP contribution in [0.3, 0.4) is 0 Å². The van der Waals surface area contributed by atoms with Crippen molar-refractivity contribution in [3.63, 3.8) is 0 Å². The fourth-order valence-corrected chi connectivity index (χ4v) is 3.68. The number of aliphatic hydroxyl groups is 1. The summed E-state index contributed by atoms with van der Waals surface area (Å²) in [4.78, 5) is 33.4.